The number of likely N-dealkylation sites (N-methyl/N-ethyl adjacent to an activating group) is 1. The smallest absolute Gasteiger partial charge is 0.320 e. The van der Waals surface area contributed by atoms with Gasteiger partial charge in [0.1, 0.15) is 5.69 Å². The van der Waals surface area contributed by atoms with Crippen LogP contribution >= 0.6 is 0 Å². The number of nitrogens with two attached hydrogens (primary N) is 1. The first-order valence-corrected chi connectivity index (χ1v) is 11.2. The summed E-state index contributed by atoms with van der Waals surface area (Å²) in [5, 5.41) is 3.11. The minimum Gasteiger partial charge on any atom is -0.463 e. The third-order valence-corrected chi connectivity index (χ3v) is 5.94. The van der Waals surface area contributed by atoms with E-state index in [2.05, 4.69) is 52.2 Å². The lowest BCUT2D eigenvalue weighted by Gasteiger charge is -2.29. The van der Waals surface area contributed by atoms with Gasteiger partial charge in [-0.15, -0.1) is 0 Å². The molecule has 0 fully saturated rings. The van der Waals surface area contributed by atoms with E-state index in [0.717, 1.165) is 44.5 Å². The second-order valence-corrected chi connectivity index (χ2v) is 8.26. The number of anilines is 3. The van der Waals surface area contributed by atoms with Crippen molar-refractivity contribution in [1.29, 1.82) is 0 Å². The van der Waals surface area contributed by atoms with E-state index in [1.54, 1.807) is 0 Å². The summed E-state index contributed by atoms with van der Waals surface area (Å²) in [7, 11) is 0. The first kappa shape index (κ1) is 21.4. The molecule has 0 bridgehead atoms. The van der Waals surface area contributed by atoms with Crippen LogP contribution in [0, 0.1) is 0 Å². The zero-order chi connectivity index (χ0) is 21.8. The van der Waals surface area contributed by atoms with E-state index in [1.807, 2.05) is 4.90 Å². The number of Topliss-reactive ketones (excluding diaryl/α,β-unsaturated/α-hetero) is 1. The van der Waals surface area contributed by atoms with Gasteiger partial charge < -0.3 is 20.7 Å². The van der Waals surface area contributed by atoms with Crippen molar-refractivity contribution in [2.75, 3.05) is 48.7 Å². The Labute approximate surface area is 183 Å². The second-order valence-electron chi connectivity index (χ2n) is 8.26. The molecule has 0 amide bonds. The number of fused-ring (bicyclic) bond motifs is 2. The zero-order valence-electron chi connectivity index (χ0n) is 18.5. The molecule has 31 heavy (non-hydrogen) atoms. The predicted molar refractivity (Wildman–Crippen MR) is 122 cm³/mol. The number of aromatic nitrogens is 2. The van der Waals surface area contributed by atoms with Gasteiger partial charge in [0.2, 0.25) is 0 Å². The molecule has 2 aliphatic heterocycles. The van der Waals surface area contributed by atoms with Crippen LogP contribution in [-0.2, 0) is 24.3 Å². The quantitative estimate of drug-likeness (QED) is 0.655. The number of hydrogen-bond acceptors (Lipinski definition) is 8. The molecule has 0 unspecified atom stereocenters. The molecule has 0 saturated heterocycles. The number of ether oxygens (including phenoxy) is 1. The van der Waals surface area contributed by atoms with Crippen LogP contribution in [0.5, 0.6) is 6.01 Å². The average Bonchev–Trinajstić information content (AvgIpc) is 2.92. The van der Waals surface area contributed by atoms with Crippen molar-refractivity contribution < 1.29 is 9.53 Å². The lowest BCUT2D eigenvalue weighted by atomic mass is 9.97. The Bertz CT molecular complexity index is 948. The van der Waals surface area contributed by atoms with Gasteiger partial charge in [0.15, 0.2) is 17.4 Å². The lowest BCUT2D eigenvalue weighted by Crippen LogP contribution is -2.31. The molecule has 0 saturated carbocycles. The van der Waals surface area contributed by atoms with Gasteiger partial charge in [-0.05, 0) is 36.1 Å². The van der Waals surface area contributed by atoms with Gasteiger partial charge in [-0.2, -0.15) is 9.97 Å². The van der Waals surface area contributed by atoms with Crippen LogP contribution < -0.4 is 20.7 Å². The summed E-state index contributed by atoms with van der Waals surface area (Å²) >= 11 is 0. The number of ketones is 1. The fourth-order valence-electron chi connectivity index (χ4n) is 4.13. The van der Waals surface area contributed by atoms with Crippen LogP contribution in [-0.4, -0.2) is 53.4 Å². The summed E-state index contributed by atoms with van der Waals surface area (Å²) < 4.78 is 5.71. The molecule has 0 spiro atoms. The number of nitrogens with zero attached hydrogens (tertiary/aromatic N) is 4. The molecular weight excluding hydrogens is 392 g/mol. The van der Waals surface area contributed by atoms with Crippen molar-refractivity contribution in [2.24, 2.45) is 0 Å². The Morgan fingerprint density at radius 3 is 2.87 bits per heavy atom. The second kappa shape index (κ2) is 9.51. The largest absolute Gasteiger partial charge is 0.463 e. The van der Waals surface area contributed by atoms with Crippen molar-refractivity contribution >= 4 is 23.1 Å². The van der Waals surface area contributed by atoms with Gasteiger partial charge in [-0.1, -0.05) is 38.5 Å². The maximum absolute atomic E-state index is 12.4. The Kier molecular flexibility index (Phi) is 6.56. The van der Waals surface area contributed by atoms with E-state index in [1.165, 1.54) is 11.1 Å². The highest BCUT2D eigenvalue weighted by Gasteiger charge is 2.25. The molecule has 166 valence electrons. The number of rotatable bonds is 7. The number of nitrogens with one attached hydrogen (secondary N) is 1. The lowest BCUT2D eigenvalue weighted by molar-refractivity contribution is -0.116. The first-order chi connectivity index (χ1) is 15.1. The molecule has 0 aliphatic carbocycles. The number of nitrogen functional groups attached to an aromatic ring is 1. The minimum absolute atomic E-state index is 0.0856. The van der Waals surface area contributed by atoms with Gasteiger partial charge in [0.05, 0.1) is 19.7 Å². The standard InChI is InChI=1S/C23H32N6O2/c1-3-5-10-31-23-26-21(24)20-22(27-23)29(15-19(30)12-25-20)13-16-6-7-18-14-28(4-2)9-8-17(18)11-16/h6-7,11,25H,3-5,8-10,12-15H2,1-2H3,(H2,24,26,27). The third-order valence-electron chi connectivity index (χ3n) is 5.94. The Morgan fingerprint density at radius 1 is 1.19 bits per heavy atom. The molecular formula is C23H32N6O2. The molecule has 1 aromatic heterocycles. The number of unbranched alkanes of at least 4 members (excludes halogenated alkanes) is 1. The van der Waals surface area contributed by atoms with Crippen molar-refractivity contribution in [2.45, 2.75) is 46.2 Å². The number of hydrogen-bond donors (Lipinski definition) is 2. The predicted octanol–water partition coefficient (Wildman–Crippen LogP) is 2.62. The van der Waals surface area contributed by atoms with Crippen molar-refractivity contribution in [3.8, 4) is 6.01 Å². The maximum Gasteiger partial charge on any atom is 0.320 e. The van der Waals surface area contributed by atoms with Crippen molar-refractivity contribution in [3.05, 3.63) is 34.9 Å². The molecule has 3 heterocycles. The Balaban J connectivity index is 1.60. The topological polar surface area (TPSA) is 96.6 Å². The molecule has 8 nitrogen and oxygen atoms in total. The van der Waals surface area contributed by atoms with E-state index in [-0.39, 0.29) is 24.9 Å². The first-order valence-electron chi connectivity index (χ1n) is 11.2. The third kappa shape index (κ3) is 4.90. The highest BCUT2D eigenvalue weighted by molar-refractivity contribution is 5.93. The van der Waals surface area contributed by atoms with E-state index < -0.39 is 0 Å². The molecule has 3 N–H and O–H groups in total. The Hall–Kier alpha value is -2.87. The Morgan fingerprint density at radius 2 is 2.06 bits per heavy atom. The molecule has 0 radical (unpaired) electrons. The van der Waals surface area contributed by atoms with Gasteiger partial charge >= 0.3 is 6.01 Å². The fourth-order valence-corrected chi connectivity index (χ4v) is 4.13. The monoisotopic (exact) mass is 424 g/mol. The van der Waals surface area contributed by atoms with Crippen LogP contribution in [0.2, 0.25) is 0 Å². The van der Waals surface area contributed by atoms with E-state index in [0.29, 0.717) is 30.5 Å². The van der Waals surface area contributed by atoms with E-state index in [4.69, 9.17) is 10.5 Å². The summed E-state index contributed by atoms with van der Waals surface area (Å²) in [4.78, 5) is 25.8. The van der Waals surface area contributed by atoms with E-state index in [9.17, 15) is 4.79 Å². The van der Waals surface area contributed by atoms with Gasteiger partial charge in [-0.3, -0.25) is 9.69 Å². The highest BCUT2D eigenvalue weighted by atomic mass is 16.5. The summed E-state index contributed by atoms with van der Waals surface area (Å²) in [5.74, 6) is 1.02. The number of benzene rings is 1. The van der Waals surface area contributed by atoms with Gasteiger partial charge in [0, 0.05) is 19.6 Å². The normalized spacial score (nSPS) is 16.3. The van der Waals surface area contributed by atoms with Crippen molar-refractivity contribution in [1.82, 2.24) is 14.9 Å². The van der Waals surface area contributed by atoms with Crippen LogP contribution in [0.15, 0.2) is 18.2 Å². The molecule has 2 aromatic rings. The summed E-state index contributed by atoms with van der Waals surface area (Å²) in [6.07, 6.45) is 3.00. The summed E-state index contributed by atoms with van der Waals surface area (Å²) in [6, 6.07) is 6.91. The van der Waals surface area contributed by atoms with Gasteiger partial charge in [0.25, 0.3) is 0 Å². The van der Waals surface area contributed by atoms with Crippen LogP contribution in [0.3, 0.4) is 0 Å². The van der Waals surface area contributed by atoms with Gasteiger partial charge in [-0.25, -0.2) is 0 Å². The van der Waals surface area contributed by atoms with Crippen LogP contribution in [0.25, 0.3) is 0 Å². The molecule has 0 atom stereocenters. The molecule has 1 aromatic carbocycles. The highest BCUT2D eigenvalue weighted by Crippen LogP contribution is 2.33. The molecule has 4 rings (SSSR count). The van der Waals surface area contributed by atoms with Crippen LogP contribution in [0.4, 0.5) is 17.3 Å². The van der Waals surface area contributed by atoms with Crippen molar-refractivity contribution in [3.63, 3.8) is 0 Å². The zero-order valence-corrected chi connectivity index (χ0v) is 18.5. The molecule has 8 heteroatoms. The summed E-state index contributed by atoms with van der Waals surface area (Å²) in [5.41, 5.74) is 10.8. The number of carbonyl (C=O) groups excluding carboxylic acids is 1. The summed E-state index contributed by atoms with van der Waals surface area (Å²) in [6.45, 7) is 9.07. The maximum atomic E-state index is 12.4. The average molecular weight is 425 g/mol. The minimum atomic E-state index is 0.0856. The number of carbonyl (C=O) groups is 1. The fraction of sp³-hybridized carbons (Fsp3) is 0.522. The van der Waals surface area contributed by atoms with E-state index >= 15 is 0 Å². The SMILES string of the molecule is CCCCOc1nc(N)c2c(n1)N(Cc1ccc3c(c1)CCN(CC)C3)CC(=O)CN2. The van der Waals surface area contributed by atoms with Crippen LogP contribution in [0.1, 0.15) is 43.4 Å². The molecule has 2 aliphatic rings.